The van der Waals surface area contributed by atoms with Gasteiger partial charge < -0.3 is 18.9 Å². The molecule has 30 heavy (non-hydrogen) atoms. The lowest BCUT2D eigenvalue weighted by atomic mass is 10.1. The van der Waals surface area contributed by atoms with Gasteiger partial charge in [0.25, 0.3) is 0 Å². The summed E-state index contributed by atoms with van der Waals surface area (Å²) in [5.41, 5.74) is 1.87. The topological polar surface area (TPSA) is 77.7 Å². The third-order valence-electron chi connectivity index (χ3n) is 5.00. The highest BCUT2D eigenvalue weighted by Gasteiger charge is 2.34. The first-order chi connectivity index (χ1) is 14.5. The van der Waals surface area contributed by atoms with E-state index in [1.807, 2.05) is 67.3 Å². The number of hydrogen-bond donors (Lipinski definition) is 0. The van der Waals surface area contributed by atoms with Crippen LogP contribution in [0.2, 0.25) is 0 Å². The number of benzene rings is 2. The van der Waals surface area contributed by atoms with Crippen molar-refractivity contribution in [3.63, 3.8) is 0 Å². The molecule has 7 nitrogen and oxygen atoms in total. The van der Waals surface area contributed by atoms with Crippen LogP contribution in [0, 0.1) is 0 Å². The minimum atomic E-state index is -0.104. The van der Waals surface area contributed by atoms with Gasteiger partial charge >= 0.3 is 0 Å². The van der Waals surface area contributed by atoms with E-state index in [9.17, 15) is 4.79 Å². The molecule has 1 saturated heterocycles. The highest BCUT2D eigenvalue weighted by molar-refractivity contribution is 5.79. The Morgan fingerprint density at radius 2 is 1.97 bits per heavy atom. The molecule has 0 spiro atoms. The van der Waals surface area contributed by atoms with Crippen LogP contribution in [0.3, 0.4) is 0 Å². The Morgan fingerprint density at radius 1 is 1.17 bits per heavy atom. The summed E-state index contributed by atoms with van der Waals surface area (Å²) < 4.78 is 16.4. The molecule has 1 aliphatic heterocycles. The van der Waals surface area contributed by atoms with Gasteiger partial charge in [-0.15, -0.1) is 0 Å². The minimum absolute atomic E-state index is 0.0867. The quantitative estimate of drug-likeness (QED) is 0.588. The van der Waals surface area contributed by atoms with Gasteiger partial charge in [0, 0.05) is 25.1 Å². The Bertz CT molecular complexity index is 1010. The second kappa shape index (κ2) is 8.57. The predicted molar refractivity (Wildman–Crippen MR) is 111 cm³/mol. The van der Waals surface area contributed by atoms with E-state index in [4.69, 9.17) is 14.0 Å². The number of amides is 1. The van der Waals surface area contributed by atoms with Crippen LogP contribution in [0.1, 0.15) is 37.6 Å². The van der Waals surface area contributed by atoms with Crippen LogP contribution >= 0.6 is 0 Å². The largest absolute Gasteiger partial charge is 0.497 e. The van der Waals surface area contributed by atoms with E-state index in [1.165, 1.54) is 0 Å². The second-order valence-electron chi connectivity index (χ2n) is 7.67. The molecule has 0 N–H and O–H groups in total. The molecule has 1 aromatic heterocycles. The third kappa shape index (κ3) is 4.45. The smallest absolute Gasteiger partial charge is 0.232 e. The normalized spacial score (nSPS) is 16.3. The van der Waals surface area contributed by atoms with Gasteiger partial charge in [-0.05, 0) is 43.7 Å². The summed E-state index contributed by atoms with van der Waals surface area (Å²) in [6.45, 7) is 5.10. The van der Waals surface area contributed by atoms with Gasteiger partial charge in [0.15, 0.2) is 0 Å². The van der Waals surface area contributed by atoms with E-state index in [2.05, 4.69) is 10.1 Å². The fraction of sp³-hybridized carbons (Fsp3) is 0.348. The lowest BCUT2D eigenvalue weighted by molar-refractivity contribution is -0.128. The number of aromatic nitrogens is 2. The molecule has 1 amide bonds. The van der Waals surface area contributed by atoms with Crippen LogP contribution in [0.25, 0.3) is 11.4 Å². The first-order valence-electron chi connectivity index (χ1n) is 10.0. The van der Waals surface area contributed by atoms with Crippen molar-refractivity contribution in [3.8, 4) is 22.9 Å². The Morgan fingerprint density at radius 3 is 2.70 bits per heavy atom. The van der Waals surface area contributed by atoms with Gasteiger partial charge in [-0.1, -0.05) is 29.4 Å². The molecule has 156 valence electrons. The molecule has 4 rings (SSSR count). The number of hydrogen-bond acceptors (Lipinski definition) is 6. The van der Waals surface area contributed by atoms with Crippen molar-refractivity contribution in [3.05, 3.63) is 60.0 Å². The van der Waals surface area contributed by atoms with Crippen molar-refractivity contribution in [1.82, 2.24) is 15.0 Å². The average molecular weight is 407 g/mol. The summed E-state index contributed by atoms with van der Waals surface area (Å²) >= 11 is 0. The summed E-state index contributed by atoms with van der Waals surface area (Å²) in [5.74, 6) is 2.53. The maximum atomic E-state index is 12.5. The zero-order valence-electron chi connectivity index (χ0n) is 17.4. The minimum Gasteiger partial charge on any atom is -0.497 e. The number of carbonyl (C=O) groups excluding carboxylic acids is 1. The predicted octanol–water partition coefficient (Wildman–Crippen LogP) is 4.05. The van der Waals surface area contributed by atoms with E-state index < -0.39 is 0 Å². The highest BCUT2D eigenvalue weighted by atomic mass is 16.5. The maximum Gasteiger partial charge on any atom is 0.232 e. The molecule has 0 radical (unpaired) electrons. The Balaban J connectivity index is 1.42. The fourth-order valence-electron chi connectivity index (χ4n) is 3.54. The van der Waals surface area contributed by atoms with Gasteiger partial charge in [0.1, 0.15) is 11.5 Å². The standard InChI is InChI=1S/C23H25N3O4/c1-15(2)29-19-9-7-16(8-10-19)13-26-14-18(12-21(26)27)23-24-22(25-30-23)17-5-4-6-20(11-17)28-3/h4-11,15,18H,12-14H2,1-3H3. The van der Waals surface area contributed by atoms with Crippen molar-refractivity contribution >= 4 is 5.91 Å². The highest BCUT2D eigenvalue weighted by Crippen LogP contribution is 2.30. The van der Waals surface area contributed by atoms with Crippen molar-refractivity contribution in [1.29, 1.82) is 0 Å². The number of carbonyl (C=O) groups is 1. The van der Waals surface area contributed by atoms with Crippen molar-refractivity contribution in [2.75, 3.05) is 13.7 Å². The molecular weight excluding hydrogens is 382 g/mol. The van der Waals surface area contributed by atoms with E-state index in [0.29, 0.717) is 31.2 Å². The average Bonchev–Trinajstić information content (AvgIpc) is 3.36. The molecule has 1 unspecified atom stereocenters. The summed E-state index contributed by atoms with van der Waals surface area (Å²) in [5, 5.41) is 4.09. The molecule has 1 aliphatic rings. The monoisotopic (exact) mass is 407 g/mol. The number of methoxy groups -OCH3 is 1. The molecule has 0 aliphatic carbocycles. The van der Waals surface area contributed by atoms with E-state index in [1.54, 1.807) is 7.11 Å². The number of nitrogens with zero attached hydrogens (tertiary/aromatic N) is 3. The van der Waals surface area contributed by atoms with Gasteiger partial charge in [-0.3, -0.25) is 4.79 Å². The molecule has 3 aromatic rings. The van der Waals surface area contributed by atoms with Crippen LogP contribution in [-0.2, 0) is 11.3 Å². The van der Waals surface area contributed by atoms with Crippen LogP contribution in [-0.4, -0.2) is 40.7 Å². The van der Waals surface area contributed by atoms with Gasteiger partial charge in [0.2, 0.25) is 17.6 Å². The molecule has 1 atom stereocenters. The number of rotatable bonds is 7. The molecular formula is C23H25N3O4. The zero-order valence-corrected chi connectivity index (χ0v) is 17.4. The SMILES string of the molecule is COc1cccc(-c2noc(C3CC(=O)N(Cc4ccc(OC(C)C)cc4)C3)n2)c1. The van der Waals surface area contributed by atoms with Gasteiger partial charge in [0.05, 0.1) is 19.1 Å². The van der Waals surface area contributed by atoms with Crippen molar-refractivity contribution < 1.29 is 18.8 Å². The third-order valence-corrected chi connectivity index (χ3v) is 5.00. The van der Waals surface area contributed by atoms with Crippen molar-refractivity contribution in [2.45, 2.75) is 38.8 Å². The summed E-state index contributed by atoms with van der Waals surface area (Å²) in [6.07, 6.45) is 0.502. The van der Waals surface area contributed by atoms with E-state index >= 15 is 0 Å². The lowest BCUT2D eigenvalue weighted by Gasteiger charge is -2.16. The van der Waals surface area contributed by atoms with E-state index in [-0.39, 0.29) is 17.9 Å². The molecule has 0 bridgehead atoms. The number of likely N-dealkylation sites (tertiary alicyclic amines) is 1. The zero-order chi connectivity index (χ0) is 21.1. The Hall–Kier alpha value is -3.35. The van der Waals surface area contributed by atoms with Crippen LogP contribution in [0.15, 0.2) is 53.1 Å². The molecule has 7 heteroatoms. The second-order valence-corrected chi connectivity index (χ2v) is 7.67. The van der Waals surface area contributed by atoms with Crippen LogP contribution < -0.4 is 9.47 Å². The molecule has 0 saturated carbocycles. The first kappa shape index (κ1) is 19.9. The maximum absolute atomic E-state index is 12.5. The summed E-state index contributed by atoms with van der Waals surface area (Å²) in [6, 6.07) is 15.3. The van der Waals surface area contributed by atoms with Crippen LogP contribution in [0.4, 0.5) is 0 Å². The number of ether oxygens (including phenoxy) is 2. The Kier molecular flexibility index (Phi) is 5.70. The summed E-state index contributed by atoms with van der Waals surface area (Å²) in [7, 11) is 1.62. The molecule has 2 aromatic carbocycles. The molecule has 1 fully saturated rings. The molecule has 2 heterocycles. The Labute approximate surface area is 175 Å². The van der Waals surface area contributed by atoms with Gasteiger partial charge in [-0.25, -0.2) is 0 Å². The fourth-order valence-corrected chi connectivity index (χ4v) is 3.54. The van der Waals surface area contributed by atoms with E-state index in [0.717, 1.165) is 22.6 Å². The van der Waals surface area contributed by atoms with Crippen molar-refractivity contribution in [2.24, 2.45) is 0 Å². The van der Waals surface area contributed by atoms with Crippen LogP contribution in [0.5, 0.6) is 11.5 Å². The first-order valence-corrected chi connectivity index (χ1v) is 10.0. The lowest BCUT2D eigenvalue weighted by Crippen LogP contribution is -2.24. The summed E-state index contributed by atoms with van der Waals surface area (Å²) in [4.78, 5) is 18.9. The van der Waals surface area contributed by atoms with Gasteiger partial charge in [-0.2, -0.15) is 4.98 Å².